The number of hydrogen-bond acceptors (Lipinski definition) is 4. The van der Waals surface area contributed by atoms with Gasteiger partial charge < -0.3 is 10.5 Å². The maximum atomic E-state index is 11.3. The largest absolute Gasteiger partial charge is 0.487 e. The highest BCUT2D eigenvalue weighted by atomic mass is 35.5. The van der Waals surface area contributed by atoms with Gasteiger partial charge in [-0.05, 0) is 29.8 Å². The van der Waals surface area contributed by atoms with Crippen LogP contribution in [0.25, 0.3) is 0 Å². The number of nitrogens with two attached hydrogens (primary N) is 2. The minimum absolute atomic E-state index is 0.00275. The van der Waals surface area contributed by atoms with Gasteiger partial charge in [-0.2, -0.15) is 0 Å². The zero-order valence-electron chi connectivity index (χ0n) is 10.4. The predicted molar refractivity (Wildman–Crippen MR) is 78.0 cm³/mol. The number of ether oxygens (including phenoxy) is 1. The third-order valence-electron chi connectivity index (χ3n) is 2.62. The van der Waals surface area contributed by atoms with E-state index in [2.05, 4.69) is 0 Å². The van der Waals surface area contributed by atoms with Gasteiger partial charge in [0.2, 0.25) is 10.0 Å². The Morgan fingerprint density at radius 1 is 1.15 bits per heavy atom. The minimum Gasteiger partial charge on any atom is -0.487 e. The summed E-state index contributed by atoms with van der Waals surface area (Å²) in [6.07, 6.45) is 0. The molecule has 0 aliphatic rings. The molecule has 0 spiro atoms. The van der Waals surface area contributed by atoms with E-state index in [1.807, 2.05) is 6.07 Å². The second kappa shape index (κ2) is 5.70. The third kappa shape index (κ3) is 3.41. The van der Waals surface area contributed by atoms with Crippen molar-refractivity contribution in [3.05, 3.63) is 53.1 Å². The summed E-state index contributed by atoms with van der Waals surface area (Å²) in [5, 5.41) is 5.67. The summed E-state index contributed by atoms with van der Waals surface area (Å²) in [6, 6.07) is 11.6. The van der Waals surface area contributed by atoms with E-state index in [0.717, 1.165) is 5.56 Å². The Morgan fingerprint density at radius 2 is 1.85 bits per heavy atom. The van der Waals surface area contributed by atoms with Crippen LogP contribution >= 0.6 is 11.6 Å². The third-order valence-corrected chi connectivity index (χ3v) is 3.82. The number of para-hydroxylation sites is 1. The normalized spacial score (nSPS) is 11.3. The molecule has 2 rings (SSSR count). The molecule has 4 N–H and O–H groups in total. The highest BCUT2D eigenvalue weighted by Gasteiger charge is 2.15. The molecule has 0 fully saturated rings. The lowest BCUT2D eigenvalue weighted by atomic mass is 10.2. The van der Waals surface area contributed by atoms with Crippen LogP contribution in [0.5, 0.6) is 5.75 Å². The number of nitrogen functional groups attached to an aromatic ring is 1. The lowest BCUT2D eigenvalue weighted by Gasteiger charge is -2.11. The maximum Gasteiger partial charge on any atom is 0.240 e. The van der Waals surface area contributed by atoms with Gasteiger partial charge in [-0.3, -0.25) is 0 Å². The van der Waals surface area contributed by atoms with Crippen molar-refractivity contribution >= 4 is 27.3 Å². The first-order chi connectivity index (χ1) is 9.38. The molecular formula is C13H13ClN2O3S. The molecule has 0 aliphatic heterocycles. The summed E-state index contributed by atoms with van der Waals surface area (Å²) in [4.78, 5) is -0.152. The lowest BCUT2D eigenvalue weighted by molar-refractivity contribution is 0.307. The Kier molecular flexibility index (Phi) is 4.17. The molecule has 0 heterocycles. The molecule has 2 aromatic carbocycles. The molecule has 5 nitrogen and oxygen atoms in total. The quantitative estimate of drug-likeness (QED) is 0.845. The zero-order valence-corrected chi connectivity index (χ0v) is 12.0. The van der Waals surface area contributed by atoms with Crippen molar-refractivity contribution in [1.29, 1.82) is 0 Å². The molecule has 0 bridgehead atoms. The number of primary sulfonamides is 1. The molecule has 0 saturated heterocycles. The van der Waals surface area contributed by atoms with Gasteiger partial charge in [-0.25, -0.2) is 13.6 Å². The Hall–Kier alpha value is -1.76. The van der Waals surface area contributed by atoms with Crippen molar-refractivity contribution in [3.63, 3.8) is 0 Å². The maximum absolute atomic E-state index is 11.3. The number of hydrogen-bond donors (Lipinski definition) is 2. The molecule has 20 heavy (non-hydrogen) atoms. The number of benzene rings is 2. The van der Waals surface area contributed by atoms with Gasteiger partial charge in [-0.1, -0.05) is 29.8 Å². The van der Waals surface area contributed by atoms with Gasteiger partial charge in [0.15, 0.2) is 0 Å². The number of rotatable bonds is 4. The smallest absolute Gasteiger partial charge is 0.240 e. The van der Waals surface area contributed by atoms with Crippen molar-refractivity contribution in [2.24, 2.45) is 5.14 Å². The number of sulfonamides is 1. The highest BCUT2D eigenvalue weighted by molar-refractivity contribution is 7.89. The van der Waals surface area contributed by atoms with Gasteiger partial charge in [0, 0.05) is 5.02 Å². The summed E-state index contributed by atoms with van der Waals surface area (Å²) < 4.78 is 28.2. The van der Waals surface area contributed by atoms with Crippen LogP contribution in [0.3, 0.4) is 0 Å². The van der Waals surface area contributed by atoms with E-state index in [4.69, 9.17) is 27.2 Å². The Labute approximate surface area is 122 Å². The van der Waals surface area contributed by atoms with E-state index in [9.17, 15) is 8.42 Å². The zero-order chi connectivity index (χ0) is 14.8. The first-order valence-electron chi connectivity index (χ1n) is 5.66. The molecule has 0 aromatic heterocycles. The van der Waals surface area contributed by atoms with Crippen LogP contribution in [0.15, 0.2) is 47.4 Å². The van der Waals surface area contributed by atoms with E-state index >= 15 is 0 Å². The molecule has 0 atom stereocenters. The molecule has 2 aromatic rings. The number of anilines is 1. The molecule has 0 saturated carbocycles. The van der Waals surface area contributed by atoms with Gasteiger partial charge in [0.1, 0.15) is 17.3 Å². The first-order valence-corrected chi connectivity index (χ1v) is 7.59. The molecule has 0 radical (unpaired) electrons. The second-order valence-corrected chi connectivity index (χ2v) is 6.10. The van der Waals surface area contributed by atoms with Crippen molar-refractivity contribution in [1.82, 2.24) is 0 Å². The van der Waals surface area contributed by atoms with E-state index in [1.165, 1.54) is 12.1 Å². The lowest BCUT2D eigenvalue weighted by Crippen LogP contribution is -2.14. The summed E-state index contributed by atoms with van der Waals surface area (Å²) in [5.74, 6) is 0.261. The Balaban J connectivity index is 2.23. The highest BCUT2D eigenvalue weighted by Crippen LogP contribution is 2.28. The van der Waals surface area contributed by atoms with Crippen molar-refractivity contribution in [2.45, 2.75) is 11.5 Å². The van der Waals surface area contributed by atoms with Gasteiger partial charge in [-0.15, -0.1) is 0 Å². The number of halogens is 1. The van der Waals surface area contributed by atoms with Crippen molar-refractivity contribution in [3.8, 4) is 5.75 Å². The van der Waals surface area contributed by atoms with Gasteiger partial charge in [0.05, 0.1) is 5.69 Å². The minimum atomic E-state index is -3.87. The molecule has 7 heteroatoms. The second-order valence-electron chi connectivity index (χ2n) is 4.13. The van der Waals surface area contributed by atoms with Crippen LogP contribution in [0.2, 0.25) is 5.02 Å². The summed E-state index contributed by atoms with van der Waals surface area (Å²) >= 11 is 5.87. The fraction of sp³-hybridized carbons (Fsp3) is 0.0769. The van der Waals surface area contributed by atoms with Crippen molar-refractivity contribution < 1.29 is 13.2 Å². The molecule has 0 aliphatic carbocycles. The van der Waals surface area contributed by atoms with Crippen LogP contribution in [0, 0.1) is 0 Å². The van der Waals surface area contributed by atoms with Crippen LogP contribution in [0.1, 0.15) is 5.56 Å². The van der Waals surface area contributed by atoms with Crippen LogP contribution in [-0.4, -0.2) is 8.42 Å². The Bertz CT molecular complexity index is 732. The fourth-order valence-corrected chi connectivity index (χ4v) is 2.57. The van der Waals surface area contributed by atoms with E-state index < -0.39 is 10.0 Å². The fourth-order valence-electron chi connectivity index (χ4n) is 1.69. The Morgan fingerprint density at radius 3 is 2.50 bits per heavy atom. The summed E-state index contributed by atoms with van der Waals surface area (Å²) in [7, 11) is -3.87. The van der Waals surface area contributed by atoms with E-state index in [1.54, 1.807) is 24.3 Å². The summed E-state index contributed by atoms with van der Waals surface area (Å²) in [5.41, 5.74) is 6.60. The monoisotopic (exact) mass is 312 g/mol. The van der Waals surface area contributed by atoms with Crippen LogP contribution in [0.4, 0.5) is 5.69 Å². The van der Waals surface area contributed by atoms with E-state index in [-0.39, 0.29) is 22.9 Å². The van der Waals surface area contributed by atoms with E-state index in [0.29, 0.717) is 5.02 Å². The summed E-state index contributed by atoms with van der Waals surface area (Å²) in [6.45, 7) is 0.221. The molecule has 0 unspecified atom stereocenters. The van der Waals surface area contributed by atoms with Crippen LogP contribution < -0.4 is 15.6 Å². The molecular weight excluding hydrogens is 300 g/mol. The SMILES string of the molecule is Nc1c(OCc2cccc(Cl)c2)cccc1S(N)(=O)=O. The van der Waals surface area contributed by atoms with Gasteiger partial charge >= 0.3 is 0 Å². The predicted octanol–water partition coefficient (Wildman–Crippen LogP) is 2.15. The average Bonchev–Trinajstić information content (AvgIpc) is 2.36. The topological polar surface area (TPSA) is 95.4 Å². The van der Waals surface area contributed by atoms with Crippen LogP contribution in [-0.2, 0) is 16.6 Å². The molecule has 0 amide bonds. The van der Waals surface area contributed by atoms with Crippen molar-refractivity contribution in [2.75, 3.05) is 5.73 Å². The van der Waals surface area contributed by atoms with Gasteiger partial charge in [0.25, 0.3) is 0 Å². The standard InChI is InChI=1S/C13H13ClN2O3S/c14-10-4-1-3-9(7-10)8-19-11-5-2-6-12(13(11)15)20(16,17)18/h1-7H,8,15H2,(H2,16,17,18). The first kappa shape index (κ1) is 14.6. The average molecular weight is 313 g/mol. The molecule has 106 valence electrons.